The van der Waals surface area contributed by atoms with Crippen molar-refractivity contribution in [3.8, 4) is 5.69 Å². The van der Waals surface area contributed by atoms with Crippen molar-refractivity contribution in [3.05, 3.63) is 51.5 Å². The molecule has 0 saturated carbocycles. The van der Waals surface area contributed by atoms with Crippen molar-refractivity contribution in [1.82, 2.24) is 9.55 Å². The van der Waals surface area contributed by atoms with Gasteiger partial charge in [-0.3, -0.25) is 9.36 Å². The molecule has 0 aliphatic rings. The third-order valence-corrected chi connectivity index (χ3v) is 4.10. The summed E-state index contributed by atoms with van der Waals surface area (Å²) in [6.45, 7) is 3.86. The summed E-state index contributed by atoms with van der Waals surface area (Å²) in [4.78, 5) is 15.2. The number of benzene rings is 1. The predicted octanol–water partition coefficient (Wildman–Crippen LogP) is 4.15. The van der Waals surface area contributed by atoms with Crippen LogP contribution in [0.5, 0.6) is 0 Å². The van der Waals surface area contributed by atoms with Crippen LogP contribution in [0.3, 0.4) is 0 Å². The molecule has 0 spiro atoms. The Labute approximate surface area is 137 Å². The van der Waals surface area contributed by atoms with Crippen molar-refractivity contribution in [2.45, 2.75) is 20.3 Å². The number of carbonyl (C=O) groups excluding carboxylic acids is 1. The average molecular weight is 363 g/mol. The maximum Gasteiger partial charge on any atom is 0.149 e. The highest BCUT2D eigenvalue weighted by Gasteiger charge is 2.13. The van der Waals surface area contributed by atoms with Gasteiger partial charge in [0.05, 0.1) is 5.69 Å². The lowest BCUT2D eigenvalue weighted by molar-refractivity contribution is -0.104. The summed E-state index contributed by atoms with van der Waals surface area (Å²) in [6.07, 6.45) is 3.53. The van der Waals surface area contributed by atoms with Gasteiger partial charge in [0.1, 0.15) is 16.7 Å². The van der Waals surface area contributed by atoms with Crippen LogP contribution >= 0.6 is 28.1 Å². The van der Waals surface area contributed by atoms with Gasteiger partial charge in [0.15, 0.2) is 0 Å². The van der Waals surface area contributed by atoms with Crippen LogP contribution < -0.4 is 0 Å². The van der Waals surface area contributed by atoms with Crippen LogP contribution in [0.25, 0.3) is 11.8 Å². The fourth-order valence-corrected chi connectivity index (χ4v) is 2.73. The van der Waals surface area contributed by atoms with Gasteiger partial charge < -0.3 is 0 Å². The van der Waals surface area contributed by atoms with E-state index >= 15 is 0 Å². The van der Waals surface area contributed by atoms with E-state index in [1.54, 1.807) is 13.0 Å². The number of aldehydes is 1. The fourth-order valence-electron chi connectivity index (χ4n) is 1.98. The summed E-state index contributed by atoms with van der Waals surface area (Å²) >= 11 is 8.60. The third kappa shape index (κ3) is 3.36. The van der Waals surface area contributed by atoms with Gasteiger partial charge >= 0.3 is 0 Å². The summed E-state index contributed by atoms with van der Waals surface area (Å²) in [7, 11) is 0. The first kappa shape index (κ1) is 15.8. The van der Waals surface area contributed by atoms with Crippen molar-refractivity contribution in [2.24, 2.45) is 0 Å². The summed E-state index contributed by atoms with van der Waals surface area (Å²) in [5, 5.41) is 1.53. The van der Waals surface area contributed by atoms with E-state index in [1.807, 2.05) is 16.7 Å². The Morgan fingerprint density at radius 2 is 2.05 bits per heavy atom. The monoisotopic (exact) mass is 362 g/mol. The SMILES string of the molecule is CCc1ccc(-n2c(C=S)nc(C=C(C)C=O)c2Br)cc1. The van der Waals surface area contributed by atoms with E-state index in [2.05, 4.69) is 40.0 Å². The van der Waals surface area contributed by atoms with E-state index in [-0.39, 0.29) is 0 Å². The molecule has 0 radical (unpaired) electrons. The highest BCUT2D eigenvalue weighted by molar-refractivity contribution is 9.10. The molecule has 0 bridgehead atoms. The molecular weight excluding hydrogens is 348 g/mol. The first-order valence-corrected chi connectivity index (χ1v) is 7.83. The van der Waals surface area contributed by atoms with Crippen LogP contribution in [0.4, 0.5) is 0 Å². The number of carbonyl (C=O) groups is 1. The minimum atomic E-state index is 0.609. The van der Waals surface area contributed by atoms with Gasteiger partial charge in [0.25, 0.3) is 0 Å². The van der Waals surface area contributed by atoms with E-state index in [0.29, 0.717) is 17.1 Å². The van der Waals surface area contributed by atoms with Gasteiger partial charge in [-0.05, 0) is 58.6 Å². The number of rotatable bonds is 5. The van der Waals surface area contributed by atoms with Gasteiger partial charge in [-0.25, -0.2) is 4.98 Å². The van der Waals surface area contributed by atoms with E-state index in [1.165, 1.54) is 10.9 Å². The number of imidazole rings is 1. The van der Waals surface area contributed by atoms with Gasteiger partial charge in [0, 0.05) is 11.1 Å². The molecule has 0 unspecified atom stereocenters. The summed E-state index contributed by atoms with van der Waals surface area (Å²) in [5.41, 5.74) is 3.55. The molecule has 0 atom stereocenters. The second-order valence-corrected chi connectivity index (χ2v) is 5.61. The Hall–Kier alpha value is -1.59. The molecule has 3 nitrogen and oxygen atoms in total. The highest BCUT2D eigenvalue weighted by atomic mass is 79.9. The van der Waals surface area contributed by atoms with Gasteiger partial charge in [0.2, 0.25) is 0 Å². The quantitative estimate of drug-likeness (QED) is 0.455. The van der Waals surface area contributed by atoms with Crippen LogP contribution in [-0.2, 0) is 11.2 Å². The lowest BCUT2D eigenvalue weighted by atomic mass is 10.1. The molecule has 21 heavy (non-hydrogen) atoms. The molecule has 1 aromatic heterocycles. The van der Waals surface area contributed by atoms with Crippen molar-refractivity contribution in [1.29, 1.82) is 0 Å². The highest BCUT2D eigenvalue weighted by Crippen LogP contribution is 2.25. The summed E-state index contributed by atoms with van der Waals surface area (Å²) in [5.74, 6) is 0.658. The molecule has 2 aromatic rings. The molecular formula is C16H15BrN2OS. The zero-order valence-electron chi connectivity index (χ0n) is 11.8. The molecule has 0 aliphatic carbocycles. The standard InChI is InChI=1S/C16H15BrN2OS/c1-3-12-4-6-13(7-5-12)19-15(10-21)18-14(16(19)17)8-11(2)9-20/h4-10H,3H2,1-2H3. The van der Waals surface area contributed by atoms with Crippen molar-refractivity contribution in [3.63, 3.8) is 0 Å². The zero-order chi connectivity index (χ0) is 15.4. The number of allylic oxidation sites excluding steroid dienone is 1. The largest absolute Gasteiger partial charge is 0.298 e. The lowest BCUT2D eigenvalue weighted by Gasteiger charge is -2.07. The number of hydrogen-bond acceptors (Lipinski definition) is 3. The first-order chi connectivity index (χ1) is 10.1. The minimum absolute atomic E-state index is 0.609. The Kier molecular flexibility index (Phi) is 5.20. The number of aromatic nitrogens is 2. The predicted molar refractivity (Wildman–Crippen MR) is 93.1 cm³/mol. The maximum absolute atomic E-state index is 10.8. The topological polar surface area (TPSA) is 34.9 Å². The smallest absolute Gasteiger partial charge is 0.149 e. The Balaban J connectivity index is 2.56. The van der Waals surface area contributed by atoms with Crippen molar-refractivity contribution < 1.29 is 4.79 Å². The number of nitrogens with zero attached hydrogens (tertiary/aromatic N) is 2. The molecule has 0 fully saturated rings. The van der Waals surface area contributed by atoms with Crippen LogP contribution in [0.15, 0.2) is 34.4 Å². The van der Waals surface area contributed by atoms with Gasteiger partial charge in [-0.2, -0.15) is 0 Å². The molecule has 0 N–H and O–H groups in total. The first-order valence-electron chi connectivity index (χ1n) is 6.57. The average Bonchev–Trinajstić information content (AvgIpc) is 2.83. The molecule has 5 heteroatoms. The van der Waals surface area contributed by atoms with Crippen LogP contribution in [0.2, 0.25) is 0 Å². The zero-order valence-corrected chi connectivity index (χ0v) is 14.2. The summed E-state index contributed by atoms with van der Waals surface area (Å²) in [6, 6.07) is 8.24. The van der Waals surface area contributed by atoms with E-state index in [0.717, 1.165) is 23.0 Å². The molecule has 0 amide bonds. The lowest BCUT2D eigenvalue weighted by Crippen LogP contribution is -2.00. The Morgan fingerprint density at radius 3 is 2.57 bits per heavy atom. The van der Waals surface area contributed by atoms with E-state index < -0.39 is 0 Å². The number of aryl methyl sites for hydroxylation is 1. The molecule has 2 rings (SSSR count). The molecule has 0 aliphatic heterocycles. The minimum Gasteiger partial charge on any atom is -0.298 e. The number of hydrogen-bond donors (Lipinski definition) is 0. The molecule has 108 valence electrons. The Morgan fingerprint density at radius 1 is 1.38 bits per heavy atom. The molecule has 1 aromatic carbocycles. The molecule has 0 saturated heterocycles. The van der Waals surface area contributed by atoms with Crippen molar-refractivity contribution >= 4 is 45.9 Å². The van der Waals surface area contributed by atoms with E-state index in [4.69, 9.17) is 12.2 Å². The van der Waals surface area contributed by atoms with Crippen LogP contribution in [0, 0.1) is 0 Å². The number of thiocarbonyl (C=S) groups is 1. The molecule has 1 heterocycles. The van der Waals surface area contributed by atoms with E-state index in [9.17, 15) is 4.79 Å². The second kappa shape index (κ2) is 6.91. The second-order valence-electron chi connectivity index (χ2n) is 4.63. The third-order valence-electron chi connectivity index (χ3n) is 3.13. The van der Waals surface area contributed by atoms with Gasteiger partial charge in [-0.15, -0.1) is 0 Å². The number of halogens is 1. The maximum atomic E-state index is 10.8. The van der Waals surface area contributed by atoms with Crippen LogP contribution in [0.1, 0.15) is 30.9 Å². The van der Waals surface area contributed by atoms with Crippen LogP contribution in [-0.4, -0.2) is 21.2 Å². The summed E-state index contributed by atoms with van der Waals surface area (Å²) < 4.78 is 2.71. The normalized spacial score (nSPS) is 11.5. The van der Waals surface area contributed by atoms with Crippen molar-refractivity contribution in [2.75, 3.05) is 0 Å². The fraction of sp³-hybridized carbons (Fsp3) is 0.188. The Bertz CT molecular complexity index is 702. The van der Waals surface area contributed by atoms with Gasteiger partial charge in [-0.1, -0.05) is 31.3 Å².